The molecule has 0 fully saturated rings. The van der Waals surface area contributed by atoms with Crippen molar-refractivity contribution in [2.45, 2.75) is 25.9 Å². The second-order valence-corrected chi connectivity index (χ2v) is 9.90. The highest BCUT2D eigenvalue weighted by atomic mass is 32.1. The van der Waals surface area contributed by atoms with E-state index in [0.29, 0.717) is 0 Å². The molecule has 158 valence electrons. The van der Waals surface area contributed by atoms with Crippen LogP contribution in [0.5, 0.6) is 0 Å². The zero-order valence-electron chi connectivity index (χ0n) is 17.8. The second kappa shape index (κ2) is 6.82. The lowest BCUT2D eigenvalue weighted by atomic mass is 9.71. The zero-order valence-corrected chi connectivity index (χ0v) is 18.6. The number of fused-ring (bicyclic) bond motifs is 2. The van der Waals surface area contributed by atoms with Gasteiger partial charge in [-0.2, -0.15) is 0 Å². The highest BCUT2D eigenvalue weighted by molar-refractivity contribution is 7.13. The quantitative estimate of drug-likeness (QED) is 0.386. The van der Waals surface area contributed by atoms with Gasteiger partial charge in [-0.15, -0.1) is 11.3 Å². The number of benzene rings is 1. The van der Waals surface area contributed by atoms with Crippen molar-refractivity contribution in [3.63, 3.8) is 0 Å². The molecule has 0 unspecified atom stereocenters. The Balaban J connectivity index is 1.43. The Morgan fingerprint density at radius 3 is 2.81 bits per heavy atom. The minimum absolute atomic E-state index is 0.346. The van der Waals surface area contributed by atoms with Gasteiger partial charge in [-0.25, -0.2) is 4.98 Å². The molecule has 32 heavy (non-hydrogen) atoms. The smallest absolute Gasteiger partial charge is 0.126 e. The first kappa shape index (κ1) is 19.3. The molecule has 0 radical (unpaired) electrons. The summed E-state index contributed by atoms with van der Waals surface area (Å²) in [5.41, 5.74) is 5.46. The summed E-state index contributed by atoms with van der Waals surface area (Å²) in [4.78, 5) is 16.8. The van der Waals surface area contributed by atoms with Crippen LogP contribution in [-0.4, -0.2) is 25.0 Å². The van der Waals surface area contributed by atoms with Crippen LogP contribution < -0.4 is 0 Å². The molecule has 1 atom stereocenters. The molecule has 1 aliphatic carbocycles. The molecule has 4 aromatic heterocycles. The zero-order chi connectivity index (χ0) is 21.9. The number of aromatic amines is 1. The Kier molecular flexibility index (Phi) is 4.12. The van der Waals surface area contributed by atoms with Crippen molar-refractivity contribution in [1.82, 2.24) is 19.9 Å². The van der Waals surface area contributed by atoms with Crippen molar-refractivity contribution < 1.29 is 5.11 Å². The second-order valence-electron chi connectivity index (χ2n) is 9.05. The molecule has 0 spiro atoms. The molecule has 0 saturated carbocycles. The van der Waals surface area contributed by atoms with Gasteiger partial charge in [0.15, 0.2) is 0 Å². The summed E-state index contributed by atoms with van der Waals surface area (Å²) in [5.74, 6) is 0. The minimum atomic E-state index is -1.10. The first-order valence-corrected chi connectivity index (χ1v) is 11.5. The number of H-pyrrole nitrogens is 1. The third kappa shape index (κ3) is 2.70. The van der Waals surface area contributed by atoms with E-state index in [1.165, 1.54) is 0 Å². The molecular formula is C26H22N4OS. The first-order valence-electron chi connectivity index (χ1n) is 10.6. The maximum absolute atomic E-state index is 12.0. The maximum Gasteiger partial charge on any atom is 0.126 e. The van der Waals surface area contributed by atoms with Gasteiger partial charge in [0.05, 0.1) is 5.69 Å². The van der Waals surface area contributed by atoms with Crippen molar-refractivity contribution in [1.29, 1.82) is 0 Å². The number of aliphatic hydroxyl groups is 1. The molecule has 1 aromatic carbocycles. The normalized spacial score (nSPS) is 19.3. The fraction of sp³-hybridized carbons (Fsp3) is 0.192. The highest BCUT2D eigenvalue weighted by Gasteiger charge is 2.52. The Hall–Kier alpha value is -3.35. The number of thiazole rings is 1. The Morgan fingerprint density at radius 1 is 1.06 bits per heavy atom. The first-order chi connectivity index (χ1) is 15.5. The van der Waals surface area contributed by atoms with Gasteiger partial charge in [-0.05, 0) is 35.7 Å². The van der Waals surface area contributed by atoms with Gasteiger partial charge in [0.25, 0.3) is 0 Å². The monoisotopic (exact) mass is 438 g/mol. The Labute approximate surface area is 189 Å². The lowest BCUT2D eigenvalue weighted by Gasteiger charge is -2.38. The van der Waals surface area contributed by atoms with Gasteiger partial charge in [0.2, 0.25) is 0 Å². The number of nitrogens with zero attached hydrogens (tertiary/aromatic N) is 3. The molecule has 0 amide bonds. The summed E-state index contributed by atoms with van der Waals surface area (Å²) in [6.07, 6.45) is 10.0. The third-order valence-electron chi connectivity index (χ3n) is 6.71. The summed E-state index contributed by atoms with van der Waals surface area (Å²) in [6, 6.07) is 12.1. The number of aromatic nitrogens is 4. The molecule has 0 bridgehead atoms. The predicted molar refractivity (Wildman–Crippen MR) is 127 cm³/mol. The largest absolute Gasteiger partial charge is 0.380 e. The molecule has 4 heterocycles. The van der Waals surface area contributed by atoms with E-state index >= 15 is 0 Å². The van der Waals surface area contributed by atoms with Crippen LogP contribution in [0.4, 0.5) is 0 Å². The molecule has 6 heteroatoms. The van der Waals surface area contributed by atoms with Gasteiger partial charge in [0, 0.05) is 69.4 Å². The molecule has 2 N–H and O–H groups in total. The van der Waals surface area contributed by atoms with Gasteiger partial charge in [-0.3, -0.25) is 9.97 Å². The van der Waals surface area contributed by atoms with Crippen molar-refractivity contribution in [3.8, 4) is 21.8 Å². The van der Waals surface area contributed by atoms with E-state index in [1.54, 1.807) is 23.7 Å². The van der Waals surface area contributed by atoms with Crippen molar-refractivity contribution >= 4 is 22.2 Å². The molecule has 1 aliphatic rings. The summed E-state index contributed by atoms with van der Waals surface area (Å²) >= 11 is 1.61. The summed E-state index contributed by atoms with van der Waals surface area (Å²) in [7, 11) is 0. The van der Waals surface area contributed by atoms with Crippen LogP contribution in [-0.2, 0) is 12.0 Å². The molecule has 5 aromatic rings. The lowest BCUT2D eigenvalue weighted by Crippen LogP contribution is -2.39. The van der Waals surface area contributed by atoms with E-state index < -0.39 is 5.60 Å². The van der Waals surface area contributed by atoms with E-state index in [2.05, 4.69) is 46.3 Å². The van der Waals surface area contributed by atoms with E-state index in [1.807, 2.05) is 42.9 Å². The highest BCUT2D eigenvalue weighted by Crippen LogP contribution is 2.53. The fourth-order valence-electron chi connectivity index (χ4n) is 4.99. The number of hydrogen-bond donors (Lipinski definition) is 2. The number of hydrogen-bond acceptors (Lipinski definition) is 5. The van der Waals surface area contributed by atoms with Crippen LogP contribution >= 0.6 is 11.3 Å². The lowest BCUT2D eigenvalue weighted by molar-refractivity contribution is -0.0211. The minimum Gasteiger partial charge on any atom is -0.380 e. The van der Waals surface area contributed by atoms with Crippen LogP contribution in [0.2, 0.25) is 0 Å². The van der Waals surface area contributed by atoms with Crippen LogP contribution in [0.3, 0.4) is 0 Å². The van der Waals surface area contributed by atoms with E-state index in [0.717, 1.165) is 55.8 Å². The number of pyridine rings is 2. The van der Waals surface area contributed by atoms with E-state index in [-0.39, 0.29) is 5.41 Å². The van der Waals surface area contributed by atoms with E-state index in [4.69, 9.17) is 4.98 Å². The topological polar surface area (TPSA) is 74.7 Å². The van der Waals surface area contributed by atoms with Gasteiger partial charge >= 0.3 is 0 Å². The number of rotatable bonds is 3. The molecule has 0 saturated heterocycles. The van der Waals surface area contributed by atoms with Gasteiger partial charge in [-0.1, -0.05) is 32.0 Å². The SMILES string of the molecule is CC1(C)Cc2ccncc2[C@]1(O)c1cccc(-c2csc(-c3c[nH]c4ccncc34)n2)c1. The Bertz CT molecular complexity index is 1470. The summed E-state index contributed by atoms with van der Waals surface area (Å²) in [5, 5.41) is 16.1. The van der Waals surface area contributed by atoms with Crippen LogP contribution in [0.1, 0.15) is 30.5 Å². The van der Waals surface area contributed by atoms with Crippen molar-refractivity contribution in [2.24, 2.45) is 5.41 Å². The average molecular weight is 439 g/mol. The van der Waals surface area contributed by atoms with Gasteiger partial charge < -0.3 is 10.1 Å². The summed E-state index contributed by atoms with van der Waals surface area (Å²) in [6.45, 7) is 4.23. The third-order valence-corrected chi connectivity index (χ3v) is 7.58. The van der Waals surface area contributed by atoms with Crippen molar-refractivity contribution in [2.75, 3.05) is 0 Å². The average Bonchev–Trinajstić information content (AvgIpc) is 3.50. The number of nitrogens with one attached hydrogen (secondary N) is 1. The molecular weight excluding hydrogens is 416 g/mol. The molecule has 5 nitrogen and oxygen atoms in total. The molecule has 6 rings (SSSR count). The standard InChI is InChI=1S/C26H22N4OS/c1-25(2)11-17-6-8-28-14-21(17)26(25,31)18-5-3-4-16(10-18)23-15-32-24(30-23)20-13-29-22-7-9-27-12-19(20)22/h3-10,12-15,29,31H,11H2,1-2H3/t26-/m1/s1. The maximum atomic E-state index is 12.0. The van der Waals surface area contributed by atoms with Crippen molar-refractivity contribution in [3.05, 3.63) is 89.5 Å². The van der Waals surface area contributed by atoms with Crippen LogP contribution in [0.25, 0.3) is 32.7 Å². The van der Waals surface area contributed by atoms with E-state index in [9.17, 15) is 5.11 Å². The van der Waals surface area contributed by atoms with Crippen LogP contribution in [0.15, 0.2) is 72.8 Å². The summed E-state index contributed by atoms with van der Waals surface area (Å²) < 4.78 is 0. The van der Waals surface area contributed by atoms with Crippen LogP contribution in [0, 0.1) is 5.41 Å². The fourth-order valence-corrected chi connectivity index (χ4v) is 5.85. The predicted octanol–water partition coefficient (Wildman–Crippen LogP) is 5.57. The Morgan fingerprint density at radius 2 is 1.91 bits per heavy atom. The van der Waals surface area contributed by atoms with Gasteiger partial charge in [0.1, 0.15) is 10.6 Å². The molecule has 0 aliphatic heterocycles.